The lowest BCUT2D eigenvalue weighted by Gasteiger charge is -2.58. The summed E-state index contributed by atoms with van der Waals surface area (Å²) >= 11 is 0. The number of hydrogen-bond donors (Lipinski definition) is 1. The zero-order chi connectivity index (χ0) is 16.4. The Morgan fingerprint density at radius 1 is 1.09 bits per heavy atom. The molecule has 0 aliphatic heterocycles. The van der Waals surface area contributed by atoms with Crippen LogP contribution in [0.4, 0.5) is 0 Å². The number of allylic oxidation sites excluding steroid dienone is 2. The van der Waals surface area contributed by atoms with Gasteiger partial charge in [0.25, 0.3) is 0 Å². The van der Waals surface area contributed by atoms with Crippen molar-refractivity contribution in [3.8, 4) is 0 Å². The van der Waals surface area contributed by atoms with Crippen LogP contribution in [-0.2, 0) is 4.79 Å². The van der Waals surface area contributed by atoms with Crippen LogP contribution in [0.2, 0.25) is 0 Å². The standard InChI is InChI=1S/C21H31NO/c1-13(23)17-6-7-18-16-5-4-14-12-15(22)8-10-20(14,2)19(16)9-11-21(17,18)3/h12,16-19,22H,4-11H2,1-3H3/t16?,17-,18?,19?,20+,21-/m1/s1. The predicted octanol–water partition coefficient (Wildman–Crippen LogP) is 5.17. The molecule has 0 amide bonds. The van der Waals surface area contributed by atoms with E-state index in [1.807, 2.05) is 6.92 Å². The number of Topliss-reactive ketones (excluding diaryl/α,β-unsaturated/α-hetero) is 1. The number of rotatable bonds is 1. The third-order valence-corrected chi connectivity index (χ3v) is 8.49. The lowest BCUT2D eigenvalue weighted by Crippen LogP contribution is -2.51. The van der Waals surface area contributed by atoms with Crippen LogP contribution in [0, 0.1) is 39.9 Å². The van der Waals surface area contributed by atoms with E-state index in [0.29, 0.717) is 17.1 Å². The highest BCUT2D eigenvalue weighted by atomic mass is 16.1. The largest absolute Gasteiger partial charge is 0.305 e. The Balaban J connectivity index is 1.67. The summed E-state index contributed by atoms with van der Waals surface area (Å²) in [5.41, 5.74) is 3.02. The van der Waals surface area contributed by atoms with Gasteiger partial charge in [0.05, 0.1) is 0 Å². The Kier molecular flexibility index (Phi) is 3.42. The van der Waals surface area contributed by atoms with Gasteiger partial charge < -0.3 is 5.41 Å². The minimum atomic E-state index is 0.270. The first-order valence-electron chi connectivity index (χ1n) is 9.65. The van der Waals surface area contributed by atoms with E-state index in [0.717, 1.165) is 36.3 Å². The Bertz CT molecular complexity index is 591. The van der Waals surface area contributed by atoms with E-state index in [-0.39, 0.29) is 5.41 Å². The molecule has 0 radical (unpaired) electrons. The summed E-state index contributed by atoms with van der Waals surface area (Å²) in [4.78, 5) is 12.2. The van der Waals surface area contributed by atoms with E-state index in [9.17, 15) is 4.79 Å². The van der Waals surface area contributed by atoms with Crippen LogP contribution >= 0.6 is 0 Å². The van der Waals surface area contributed by atoms with E-state index in [1.165, 1.54) is 38.5 Å². The van der Waals surface area contributed by atoms with E-state index in [4.69, 9.17) is 5.41 Å². The molecule has 0 heterocycles. The highest BCUT2D eigenvalue weighted by molar-refractivity contribution is 5.94. The van der Waals surface area contributed by atoms with Gasteiger partial charge in [-0.2, -0.15) is 0 Å². The Hall–Kier alpha value is -0.920. The number of ketones is 1. The van der Waals surface area contributed by atoms with E-state index in [1.54, 1.807) is 5.57 Å². The van der Waals surface area contributed by atoms with Crippen molar-refractivity contribution in [3.63, 3.8) is 0 Å². The van der Waals surface area contributed by atoms with Crippen molar-refractivity contribution in [2.45, 2.75) is 72.1 Å². The van der Waals surface area contributed by atoms with Crippen LogP contribution in [0.15, 0.2) is 11.6 Å². The van der Waals surface area contributed by atoms with Crippen molar-refractivity contribution in [2.75, 3.05) is 0 Å². The zero-order valence-electron chi connectivity index (χ0n) is 15.0. The molecule has 1 N–H and O–H groups in total. The van der Waals surface area contributed by atoms with Crippen molar-refractivity contribution in [1.29, 1.82) is 5.41 Å². The summed E-state index contributed by atoms with van der Waals surface area (Å²) in [6, 6.07) is 0. The summed E-state index contributed by atoms with van der Waals surface area (Å²) < 4.78 is 0. The fourth-order valence-corrected chi connectivity index (χ4v) is 7.25. The monoisotopic (exact) mass is 313 g/mol. The molecule has 2 nitrogen and oxygen atoms in total. The lowest BCUT2D eigenvalue weighted by molar-refractivity contribution is -0.127. The molecule has 0 aromatic rings. The predicted molar refractivity (Wildman–Crippen MR) is 93.6 cm³/mol. The molecular formula is C21H31NO. The number of nitrogens with one attached hydrogen (secondary N) is 1. The molecule has 0 saturated heterocycles. The molecular weight excluding hydrogens is 282 g/mol. The molecule has 0 bridgehead atoms. The average Bonchev–Trinajstić information content (AvgIpc) is 2.85. The quantitative estimate of drug-likeness (QED) is 0.712. The van der Waals surface area contributed by atoms with Crippen molar-refractivity contribution in [2.24, 2.45) is 34.5 Å². The molecule has 0 aromatic heterocycles. The molecule has 2 heteroatoms. The minimum Gasteiger partial charge on any atom is -0.305 e. The van der Waals surface area contributed by atoms with Crippen LogP contribution < -0.4 is 0 Å². The van der Waals surface area contributed by atoms with Crippen LogP contribution in [0.25, 0.3) is 0 Å². The topological polar surface area (TPSA) is 40.9 Å². The van der Waals surface area contributed by atoms with Gasteiger partial charge in [-0.25, -0.2) is 0 Å². The molecule has 4 aliphatic rings. The van der Waals surface area contributed by atoms with Gasteiger partial charge in [0.1, 0.15) is 5.78 Å². The van der Waals surface area contributed by atoms with Gasteiger partial charge in [0, 0.05) is 11.6 Å². The van der Waals surface area contributed by atoms with Crippen LogP contribution in [0.5, 0.6) is 0 Å². The SMILES string of the molecule is CC(=O)[C@H]1CCC2C3CCC4=CC(=N)CC[C@]4(C)C3CC[C@@]21C. The van der Waals surface area contributed by atoms with E-state index < -0.39 is 0 Å². The van der Waals surface area contributed by atoms with Crippen molar-refractivity contribution in [1.82, 2.24) is 0 Å². The zero-order valence-corrected chi connectivity index (χ0v) is 15.0. The third kappa shape index (κ3) is 2.06. The Labute approximate surface area is 140 Å². The van der Waals surface area contributed by atoms with Gasteiger partial charge in [0.2, 0.25) is 0 Å². The minimum absolute atomic E-state index is 0.270. The normalized spacial score (nSPS) is 49.0. The van der Waals surface area contributed by atoms with Gasteiger partial charge in [0.15, 0.2) is 0 Å². The first-order chi connectivity index (χ1) is 10.9. The molecule has 0 aromatic carbocycles. The highest BCUT2D eigenvalue weighted by Gasteiger charge is 2.59. The van der Waals surface area contributed by atoms with Gasteiger partial charge in [-0.05, 0) is 93.0 Å². The van der Waals surface area contributed by atoms with Gasteiger partial charge in [-0.1, -0.05) is 19.4 Å². The van der Waals surface area contributed by atoms with Gasteiger partial charge in [-0.3, -0.25) is 4.79 Å². The molecule has 23 heavy (non-hydrogen) atoms. The lowest BCUT2D eigenvalue weighted by atomic mass is 9.46. The van der Waals surface area contributed by atoms with Crippen molar-refractivity contribution >= 4 is 11.5 Å². The van der Waals surface area contributed by atoms with Crippen LogP contribution in [0.3, 0.4) is 0 Å². The summed E-state index contributed by atoms with van der Waals surface area (Å²) in [6.45, 7) is 6.74. The molecule has 4 aliphatic carbocycles. The maximum absolute atomic E-state index is 12.2. The molecule has 4 rings (SSSR count). The maximum atomic E-state index is 12.2. The first kappa shape index (κ1) is 15.6. The maximum Gasteiger partial charge on any atom is 0.133 e. The second-order valence-corrected chi connectivity index (χ2v) is 9.31. The first-order valence-corrected chi connectivity index (χ1v) is 9.65. The Morgan fingerprint density at radius 2 is 1.87 bits per heavy atom. The summed E-state index contributed by atoms with van der Waals surface area (Å²) in [6.07, 6.45) is 11.8. The van der Waals surface area contributed by atoms with E-state index >= 15 is 0 Å². The van der Waals surface area contributed by atoms with Crippen molar-refractivity contribution < 1.29 is 4.79 Å². The molecule has 126 valence electrons. The number of fused-ring (bicyclic) bond motifs is 5. The second kappa shape index (κ2) is 5.04. The molecule has 3 fully saturated rings. The van der Waals surface area contributed by atoms with Gasteiger partial charge >= 0.3 is 0 Å². The van der Waals surface area contributed by atoms with E-state index in [2.05, 4.69) is 19.9 Å². The molecule has 3 unspecified atom stereocenters. The average molecular weight is 313 g/mol. The van der Waals surface area contributed by atoms with Crippen LogP contribution in [-0.4, -0.2) is 11.5 Å². The molecule has 3 saturated carbocycles. The van der Waals surface area contributed by atoms with Gasteiger partial charge in [-0.15, -0.1) is 0 Å². The number of carbonyl (C=O) groups excluding carboxylic acids is 1. The fourth-order valence-electron chi connectivity index (χ4n) is 7.25. The fraction of sp³-hybridized carbons (Fsp3) is 0.810. The van der Waals surface area contributed by atoms with Crippen molar-refractivity contribution in [3.05, 3.63) is 11.6 Å². The second-order valence-electron chi connectivity index (χ2n) is 9.31. The summed E-state index contributed by atoms with van der Waals surface area (Å²) in [5.74, 6) is 3.11. The third-order valence-electron chi connectivity index (χ3n) is 8.49. The summed E-state index contributed by atoms with van der Waals surface area (Å²) in [5, 5.41) is 8.04. The smallest absolute Gasteiger partial charge is 0.133 e. The number of hydrogen-bond acceptors (Lipinski definition) is 2. The van der Waals surface area contributed by atoms with Crippen LogP contribution in [0.1, 0.15) is 72.1 Å². The Morgan fingerprint density at radius 3 is 2.61 bits per heavy atom. The molecule has 0 spiro atoms. The molecule has 6 atom stereocenters. The summed E-state index contributed by atoms with van der Waals surface area (Å²) in [7, 11) is 0. The number of carbonyl (C=O) groups is 1. The highest BCUT2D eigenvalue weighted by Crippen LogP contribution is 2.66.